The molecule has 0 atom stereocenters. The van der Waals surface area contributed by atoms with E-state index >= 15 is 0 Å². The van der Waals surface area contributed by atoms with Crippen molar-refractivity contribution in [3.63, 3.8) is 0 Å². The van der Waals surface area contributed by atoms with Crippen molar-refractivity contribution in [3.8, 4) is 11.3 Å². The molecule has 1 aromatic heterocycles. The zero-order valence-corrected chi connectivity index (χ0v) is 15.7. The molecule has 0 fully saturated rings. The van der Waals surface area contributed by atoms with Gasteiger partial charge in [0.05, 0.1) is 10.9 Å². The molecular formula is C24H22ClO+. The first-order valence-corrected chi connectivity index (χ1v) is 9.70. The van der Waals surface area contributed by atoms with E-state index in [2.05, 4.69) is 73.7 Å². The van der Waals surface area contributed by atoms with Crippen molar-refractivity contribution >= 4 is 33.3 Å². The van der Waals surface area contributed by atoms with Gasteiger partial charge in [-0.3, -0.25) is 0 Å². The molecule has 0 unspecified atom stereocenters. The van der Waals surface area contributed by atoms with Gasteiger partial charge in [0.1, 0.15) is 0 Å². The summed E-state index contributed by atoms with van der Waals surface area (Å²) in [5.74, 6) is 1.63. The van der Waals surface area contributed by atoms with Gasteiger partial charge in [0.25, 0.3) is 0 Å². The van der Waals surface area contributed by atoms with Gasteiger partial charge in [-0.05, 0) is 60.7 Å². The number of rotatable bonds is 5. The number of benzene rings is 3. The molecule has 0 aliphatic heterocycles. The topological polar surface area (TPSA) is 11.3 Å². The average Bonchev–Trinajstić information content (AvgIpc) is 2.68. The Morgan fingerprint density at radius 1 is 0.885 bits per heavy atom. The largest absolute Gasteiger partial charge is 0.361 e. The Morgan fingerprint density at radius 2 is 1.69 bits per heavy atom. The van der Waals surface area contributed by atoms with Crippen LogP contribution in [0.25, 0.3) is 33.1 Å². The minimum Gasteiger partial charge on any atom is -0.207 e. The lowest BCUT2D eigenvalue weighted by atomic mass is 9.97. The minimum absolute atomic E-state index is 0.709. The normalized spacial score (nSPS) is 11.3. The summed E-state index contributed by atoms with van der Waals surface area (Å²) in [4.78, 5) is 0. The van der Waals surface area contributed by atoms with E-state index in [1.807, 2.05) is 0 Å². The van der Waals surface area contributed by atoms with Crippen LogP contribution in [0.2, 0.25) is 0 Å². The van der Waals surface area contributed by atoms with Gasteiger partial charge in [0.15, 0.2) is 0 Å². The van der Waals surface area contributed by atoms with Crippen LogP contribution >= 0.6 is 11.6 Å². The van der Waals surface area contributed by atoms with Crippen LogP contribution in [-0.2, 0) is 6.42 Å². The lowest BCUT2D eigenvalue weighted by Crippen LogP contribution is -1.92. The molecule has 130 valence electrons. The summed E-state index contributed by atoms with van der Waals surface area (Å²) in [7, 11) is 0. The fraction of sp³-hybridized carbons (Fsp3) is 0.208. The van der Waals surface area contributed by atoms with Gasteiger partial charge in [0.2, 0.25) is 0 Å². The van der Waals surface area contributed by atoms with Crippen LogP contribution in [0.15, 0.2) is 71.1 Å². The first-order chi connectivity index (χ1) is 12.8. The van der Waals surface area contributed by atoms with Crippen LogP contribution in [-0.4, -0.2) is 5.88 Å². The molecule has 0 spiro atoms. The monoisotopic (exact) mass is 361 g/mol. The molecule has 3 aromatic carbocycles. The highest BCUT2D eigenvalue weighted by molar-refractivity contribution is 6.17. The number of fused-ring (bicyclic) bond motifs is 3. The minimum atomic E-state index is 0.709. The fourth-order valence-electron chi connectivity index (χ4n) is 3.51. The Bertz CT molecular complexity index is 1050. The van der Waals surface area contributed by atoms with Crippen molar-refractivity contribution < 1.29 is 4.42 Å². The summed E-state index contributed by atoms with van der Waals surface area (Å²) in [6, 6.07) is 23.5. The van der Waals surface area contributed by atoms with Crippen LogP contribution in [0, 0.1) is 6.92 Å². The Morgan fingerprint density at radius 3 is 2.50 bits per heavy atom. The number of hydrogen-bond donors (Lipinski definition) is 0. The zero-order chi connectivity index (χ0) is 17.9. The summed E-state index contributed by atoms with van der Waals surface area (Å²) in [5, 5.41) is 3.73. The fourth-order valence-corrected chi connectivity index (χ4v) is 3.70. The molecule has 0 saturated carbocycles. The molecule has 0 aliphatic rings. The lowest BCUT2D eigenvalue weighted by Gasteiger charge is -2.06. The van der Waals surface area contributed by atoms with Crippen molar-refractivity contribution in [2.24, 2.45) is 0 Å². The molecule has 0 amide bonds. The van der Waals surface area contributed by atoms with Crippen molar-refractivity contribution in [2.75, 3.05) is 5.88 Å². The molecule has 0 saturated heterocycles. The number of alkyl halides is 1. The van der Waals surface area contributed by atoms with Crippen LogP contribution in [0.3, 0.4) is 0 Å². The molecule has 4 aromatic rings. The highest BCUT2D eigenvalue weighted by Gasteiger charge is 2.20. The van der Waals surface area contributed by atoms with Gasteiger partial charge >= 0.3 is 11.3 Å². The maximum atomic E-state index is 6.32. The van der Waals surface area contributed by atoms with Crippen LogP contribution in [0.4, 0.5) is 0 Å². The average molecular weight is 362 g/mol. The standard InChI is InChI=1S/C24H22ClO/c1-17-9-11-19(12-10-17)23-16-20(7-4-5-15-25)24-21-8-3-2-6-18(21)13-14-22(24)26-23/h2-3,6,8-14,16H,4-5,7,15H2,1H3/q+1. The summed E-state index contributed by atoms with van der Waals surface area (Å²) in [5.41, 5.74) is 4.65. The lowest BCUT2D eigenvalue weighted by molar-refractivity contribution is 0.617. The highest BCUT2D eigenvalue weighted by Crippen LogP contribution is 2.34. The maximum Gasteiger partial charge on any atom is 0.361 e. The van der Waals surface area contributed by atoms with Crippen LogP contribution < -0.4 is 0 Å². The number of hydrogen-bond acceptors (Lipinski definition) is 0. The number of unbranched alkanes of at least 4 members (excludes halogenated alkanes) is 1. The predicted octanol–water partition coefficient (Wildman–Crippen LogP) is 7.40. The molecule has 0 bridgehead atoms. The van der Waals surface area contributed by atoms with Crippen molar-refractivity contribution in [1.82, 2.24) is 0 Å². The van der Waals surface area contributed by atoms with Crippen molar-refractivity contribution in [3.05, 3.63) is 77.9 Å². The summed E-state index contributed by atoms with van der Waals surface area (Å²) in [6.07, 6.45) is 3.12. The molecule has 1 heterocycles. The smallest absolute Gasteiger partial charge is 0.207 e. The second-order valence-corrected chi connectivity index (χ2v) is 7.19. The first kappa shape index (κ1) is 17.1. The number of aryl methyl sites for hydroxylation is 2. The van der Waals surface area contributed by atoms with E-state index in [4.69, 9.17) is 16.0 Å². The zero-order valence-electron chi connectivity index (χ0n) is 15.0. The van der Waals surface area contributed by atoms with Gasteiger partial charge in [0, 0.05) is 18.0 Å². The van der Waals surface area contributed by atoms with Gasteiger partial charge in [-0.15, -0.1) is 11.6 Å². The summed E-state index contributed by atoms with van der Waals surface area (Å²) >= 11 is 5.90. The second-order valence-electron chi connectivity index (χ2n) is 6.81. The van der Waals surface area contributed by atoms with Gasteiger partial charge in [-0.25, -0.2) is 4.42 Å². The highest BCUT2D eigenvalue weighted by atomic mass is 35.5. The van der Waals surface area contributed by atoms with E-state index < -0.39 is 0 Å². The Balaban J connectivity index is 1.93. The third kappa shape index (κ3) is 3.32. The van der Waals surface area contributed by atoms with Crippen molar-refractivity contribution in [2.45, 2.75) is 26.2 Å². The van der Waals surface area contributed by atoms with E-state index in [1.54, 1.807) is 0 Å². The molecule has 26 heavy (non-hydrogen) atoms. The Hall–Kier alpha value is -2.38. The van der Waals surface area contributed by atoms with E-state index in [-0.39, 0.29) is 0 Å². The summed E-state index contributed by atoms with van der Waals surface area (Å²) in [6.45, 7) is 2.10. The molecular weight excluding hydrogens is 340 g/mol. The third-order valence-electron chi connectivity index (χ3n) is 4.90. The maximum absolute atomic E-state index is 6.32. The summed E-state index contributed by atoms with van der Waals surface area (Å²) < 4.78 is 6.32. The molecule has 0 N–H and O–H groups in total. The van der Waals surface area contributed by atoms with Gasteiger partial charge in [-0.1, -0.05) is 42.0 Å². The third-order valence-corrected chi connectivity index (χ3v) is 5.17. The van der Waals surface area contributed by atoms with E-state index in [9.17, 15) is 0 Å². The molecule has 4 rings (SSSR count). The van der Waals surface area contributed by atoms with Crippen LogP contribution in [0.5, 0.6) is 0 Å². The molecule has 0 aliphatic carbocycles. The van der Waals surface area contributed by atoms with Gasteiger partial charge < -0.3 is 0 Å². The molecule has 0 radical (unpaired) electrons. The van der Waals surface area contributed by atoms with Gasteiger partial charge in [-0.2, -0.15) is 0 Å². The van der Waals surface area contributed by atoms with Crippen LogP contribution in [0.1, 0.15) is 24.0 Å². The van der Waals surface area contributed by atoms with E-state index in [0.717, 1.165) is 36.2 Å². The molecule has 1 nitrogen and oxygen atoms in total. The molecule has 2 heteroatoms. The van der Waals surface area contributed by atoms with E-state index in [0.29, 0.717) is 5.88 Å². The Kier molecular flexibility index (Phi) is 4.90. The van der Waals surface area contributed by atoms with E-state index in [1.165, 1.54) is 27.3 Å². The quantitative estimate of drug-likeness (QED) is 0.156. The van der Waals surface area contributed by atoms with Crippen molar-refractivity contribution in [1.29, 1.82) is 0 Å². The predicted molar refractivity (Wildman–Crippen MR) is 112 cm³/mol. The number of halogens is 1. The SMILES string of the molecule is Cc1ccc(-c2cc(CCCCCl)c3c(ccc4ccccc43)[o+]2)cc1. The first-order valence-electron chi connectivity index (χ1n) is 9.17. The second kappa shape index (κ2) is 7.47. The Labute approximate surface area is 159 Å².